The van der Waals surface area contributed by atoms with Crippen molar-refractivity contribution in [3.8, 4) is 5.75 Å². The maximum atomic E-state index is 12.2. The highest BCUT2D eigenvalue weighted by Crippen LogP contribution is 2.29. The van der Waals surface area contributed by atoms with Gasteiger partial charge in [-0.25, -0.2) is 0 Å². The van der Waals surface area contributed by atoms with Crippen LogP contribution in [0.25, 0.3) is 0 Å². The summed E-state index contributed by atoms with van der Waals surface area (Å²) in [6.45, 7) is 4.42. The van der Waals surface area contributed by atoms with Crippen molar-refractivity contribution in [2.45, 2.75) is 26.7 Å². The summed E-state index contributed by atoms with van der Waals surface area (Å²) in [5.74, 6) is 0.561. The van der Waals surface area contributed by atoms with Crippen LogP contribution in [0.3, 0.4) is 0 Å². The third-order valence-corrected chi connectivity index (χ3v) is 3.45. The van der Waals surface area contributed by atoms with E-state index in [0.717, 1.165) is 11.3 Å². The van der Waals surface area contributed by atoms with E-state index in [9.17, 15) is 4.79 Å². The molecular weight excluding hydrogens is 242 g/mol. The Morgan fingerprint density at radius 3 is 2.63 bits per heavy atom. The number of nitrogens with two attached hydrogens (primary N) is 1. The smallest absolute Gasteiger partial charge is 0.313 e. The Bertz CT molecular complexity index is 414. The van der Waals surface area contributed by atoms with Crippen molar-refractivity contribution in [3.05, 3.63) is 29.8 Å². The van der Waals surface area contributed by atoms with Crippen LogP contribution < -0.4 is 10.5 Å². The van der Waals surface area contributed by atoms with E-state index in [-0.39, 0.29) is 12.5 Å². The zero-order chi connectivity index (χ0) is 14.3. The van der Waals surface area contributed by atoms with Crippen molar-refractivity contribution in [1.82, 2.24) is 0 Å². The fourth-order valence-electron chi connectivity index (χ4n) is 2.10. The maximum Gasteiger partial charge on any atom is 0.313 e. The first kappa shape index (κ1) is 15.5. The molecule has 1 atom stereocenters. The van der Waals surface area contributed by atoms with E-state index in [1.165, 1.54) is 0 Å². The molecule has 0 fully saturated rings. The van der Waals surface area contributed by atoms with Crippen molar-refractivity contribution in [2.75, 3.05) is 20.3 Å². The lowest BCUT2D eigenvalue weighted by Gasteiger charge is -2.29. The third-order valence-electron chi connectivity index (χ3n) is 3.45. The van der Waals surface area contributed by atoms with Gasteiger partial charge in [0.1, 0.15) is 5.75 Å². The monoisotopic (exact) mass is 265 g/mol. The van der Waals surface area contributed by atoms with Gasteiger partial charge < -0.3 is 15.2 Å². The molecule has 106 valence electrons. The van der Waals surface area contributed by atoms with Gasteiger partial charge in [-0.3, -0.25) is 4.79 Å². The molecule has 1 rings (SSSR count). The van der Waals surface area contributed by atoms with E-state index in [4.69, 9.17) is 15.2 Å². The SMILES string of the molecule is CCOC(=O)C(CC)(CN)Cc1cccc(OC)c1. The lowest BCUT2D eigenvalue weighted by Crippen LogP contribution is -2.41. The largest absolute Gasteiger partial charge is 0.497 e. The predicted molar refractivity (Wildman–Crippen MR) is 75.1 cm³/mol. The second kappa shape index (κ2) is 7.14. The minimum Gasteiger partial charge on any atom is -0.497 e. The Balaban J connectivity index is 2.97. The number of rotatable bonds is 7. The Labute approximate surface area is 114 Å². The van der Waals surface area contributed by atoms with Gasteiger partial charge in [-0.05, 0) is 37.5 Å². The first-order valence-corrected chi connectivity index (χ1v) is 6.62. The van der Waals surface area contributed by atoms with Gasteiger partial charge in [0.15, 0.2) is 0 Å². The molecule has 19 heavy (non-hydrogen) atoms. The number of hydrogen-bond acceptors (Lipinski definition) is 4. The Morgan fingerprint density at radius 1 is 1.37 bits per heavy atom. The maximum absolute atomic E-state index is 12.2. The third kappa shape index (κ3) is 3.70. The van der Waals surface area contributed by atoms with Gasteiger partial charge in [-0.2, -0.15) is 0 Å². The average Bonchev–Trinajstić information content (AvgIpc) is 2.45. The van der Waals surface area contributed by atoms with E-state index < -0.39 is 5.41 Å². The number of ether oxygens (including phenoxy) is 2. The van der Waals surface area contributed by atoms with E-state index in [1.54, 1.807) is 14.0 Å². The molecule has 0 saturated heterocycles. The number of esters is 1. The Morgan fingerprint density at radius 2 is 2.11 bits per heavy atom. The van der Waals surface area contributed by atoms with Gasteiger partial charge in [0.25, 0.3) is 0 Å². The minimum atomic E-state index is -0.650. The molecule has 0 amide bonds. The summed E-state index contributed by atoms with van der Waals surface area (Å²) in [5.41, 5.74) is 6.21. The molecule has 1 aromatic rings. The van der Waals surface area contributed by atoms with Crippen LogP contribution in [0.1, 0.15) is 25.8 Å². The molecule has 0 aromatic heterocycles. The zero-order valence-electron chi connectivity index (χ0n) is 11.9. The fourth-order valence-corrected chi connectivity index (χ4v) is 2.10. The molecule has 1 unspecified atom stereocenters. The molecule has 0 spiro atoms. The van der Waals surface area contributed by atoms with Crippen LogP contribution in [0.4, 0.5) is 0 Å². The van der Waals surface area contributed by atoms with Crippen LogP contribution in [0.2, 0.25) is 0 Å². The summed E-state index contributed by atoms with van der Waals surface area (Å²) in [5, 5.41) is 0. The van der Waals surface area contributed by atoms with Crippen LogP contribution in [-0.2, 0) is 16.0 Å². The lowest BCUT2D eigenvalue weighted by atomic mass is 9.79. The zero-order valence-corrected chi connectivity index (χ0v) is 11.9. The molecule has 1 aromatic carbocycles. The highest BCUT2D eigenvalue weighted by Gasteiger charge is 2.37. The molecule has 0 heterocycles. The quantitative estimate of drug-likeness (QED) is 0.767. The number of carbonyl (C=O) groups is 1. The van der Waals surface area contributed by atoms with Crippen LogP contribution >= 0.6 is 0 Å². The molecule has 2 N–H and O–H groups in total. The van der Waals surface area contributed by atoms with Gasteiger partial charge >= 0.3 is 5.97 Å². The summed E-state index contributed by atoms with van der Waals surface area (Å²) in [7, 11) is 1.63. The Kier molecular flexibility index (Phi) is 5.83. The fraction of sp³-hybridized carbons (Fsp3) is 0.533. The first-order chi connectivity index (χ1) is 9.11. The molecule has 0 saturated carbocycles. The summed E-state index contributed by atoms with van der Waals surface area (Å²) in [6, 6.07) is 7.70. The highest BCUT2D eigenvalue weighted by molar-refractivity contribution is 5.77. The van der Waals surface area contributed by atoms with Crippen molar-refractivity contribution >= 4 is 5.97 Å². The number of benzene rings is 1. The van der Waals surface area contributed by atoms with Crippen LogP contribution in [-0.4, -0.2) is 26.2 Å². The second-order valence-electron chi connectivity index (χ2n) is 4.59. The molecule has 0 radical (unpaired) electrons. The number of methoxy groups -OCH3 is 1. The van der Waals surface area contributed by atoms with Gasteiger partial charge in [0, 0.05) is 6.54 Å². The lowest BCUT2D eigenvalue weighted by molar-refractivity contribution is -0.155. The molecule has 0 aliphatic heterocycles. The summed E-state index contributed by atoms with van der Waals surface area (Å²) in [4.78, 5) is 12.2. The standard InChI is InChI=1S/C15H23NO3/c1-4-15(11-16,14(17)19-5-2)10-12-7-6-8-13(9-12)18-3/h6-9H,4-5,10-11,16H2,1-3H3. The highest BCUT2D eigenvalue weighted by atomic mass is 16.5. The van der Waals surface area contributed by atoms with Crippen LogP contribution in [0, 0.1) is 5.41 Å². The van der Waals surface area contributed by atoms with Gasteiger partial charge in [0.05, 0.1) is 19.1 Å². The van der Waals surface area contributed by atoms with Crippen molar-refractivity contribution < 1.29 is 14.3 Å². The summed E-state index contributed by atoms with van der Waals surface area (Å²) >= 11 is 0. The van der Waals surface area contributed by atoms with Crippen LogP contribution in [0.15, 0.2) is 24.3 Å². The summed E-state index contributed by atoms with van der Waals surface area (Å²) < 4.78 is 10.4. The predicted octanol–water partition coefficient (Wildman–Crippen LogP) is 2.16. The topological polar surface area (TPSA) is 61.5 Å². The minimum absolute atomic E-state index is 0.220. The van der Waals surface area contributed by atoms with Gasteiger partial charge in [0.2, 0.25) is 0 Å². The molecule has 4 nitrogen and oxygen atoms in total. The Hall–Kier alpha value is -1.55. The van der Waals surface area contributed by atoms with Gasteiger partial charge in [-0.15, -0.1) is 0 Å². The molecule has 0 aliphatic carbocycles. The normalized spacial score (nSPS) is 13.7. The van der Waals surface area contributed by atoms with E-state index >= 15 is 0 Å². The van der Waals surface area contributed by atoms with Gasteiger partial charge in [-0.1, -0.05) is 19.1 Å². The number of hydrogen-bond donors (Lipinski definition) is 1. The number of carbonyl (C=O) groups excluding carboxylic acids is 1. The van der Waals surface area contributed by atoms with Crippen molar-refractivity contribution in [2.24, 2.45) is 11.1 Å². The van der Waals surface area contributed by atoms with Crippen molar-refractivity contribution in [1.29, 1.82) is 0 Å². The van der Waals surface area contributed by atoms with E-state index in [1.807, 2.05) is 31.2 Å². The van der Waals surface area contributed by atoms with E-state index in [2.05, 4.69) is 0 Å². The average molecular weight is 265 g/mol. The molecule has 4 heteroatoms. The van der Waals surface area contributed by atoms with Crippen molar-refractivity contribution in [3.63, 3.8) is 0 Å². The molecule has 0 aliphatic rings. The second-order valence-corrected chi connectivity index (χ2v) is 4.59. The molecular formula is C15H23NO3. The first-order valence-electron chi connectivity index (χ1n) is 6.62. The van der Waals surface area contributed by atoms with E-state index in [0.29, 0.717) is 19.4 Å². The van der Waals surface area contributed by atoms with Crippen LogP contribution in [0.5, 0.6) is 5.75 Å². The summed E-state index contributed by atoms with van der Waals surface area (Å²) in [6.07, 6.45) is 1.22. The molecule has 0 bridgehead atoms.